The molecular formula is C38H23N3. The van der Waals surface area contributed by atoms with Crippen molar-refractivity contribution < 1.29 is 0 Å². The van der Waals surface area contributed by atoms with E-state index < -0.39 is 0 Å². The average Bonchev–Trinajstić information content (AvgIpc) is 3.44. The molecule has 3 nitrogen and oxygen atoms in total. The van der Waals surface area contributed by atoms with E-state index in [1.54, 1.807) is 0 Å². The molecule has 0 radical (unpaired) electrons. The van der Waals surface area contributed by atoms with Crippen molar-refractivity contribution >= 4 is 60.0 Å². The van der Waals surface area contributed by atoms with Crippen molar-refractivity contribution in [3.8, 4) is 22.3 Å². The fourth-order valence-corrected chi connectivity index (χ4v) is 6.38. The van der Waals surface area contributed by atoms with E-state index in [0.717, 1.165) is 38.5 Å². The predicted molar refractivity (Wildman–Crippen MR) is 171 cm³/mol. The van der Waals surface area contributed by atoms with Gasteiger partial charge >= 0.3 is 0 Å². The number of aromatic nitrogens is 3. The van der Waals surface area contributed by atoms with E-state index in [2.05, 4.69) is 132 Å². The fourth-order valence-electron chi connectivity index (χ4n) is 6.38. The Hall–Kier alpha value is -5.54. The zero-order chi connectivity index (χ0) is 26.9. The second-order valence-electron chi connectivity index (χ2n) is 10.7. The molecule has 0 unspecified atom stereocenters. The predicted octanol–water partition coefficient (Wildman–Crippen LogP) is 9.83. The van der Waals surface area contributed by atoms with Gasteiger partial charge in [-0.3, -0.25) is 9.38 Å². The van der Waals surface area contributed by atoms with Crippen molar-refractivity contribution in [1.82, 2.24) is 14.4 Å². The van der Waals surface area contributed by atoms with Crippen LogP contribution in [0.25, 0.3) is 82.3 Å². The maximum absolute atomic E-state index is 5.14. The molecule has 41 heavy (non-hydrogen) atoms. The summed E-state index contributed by atoms with van der Waals surface area (Å²) in [5.41, 5.74) is 9.98. The van der Waals surface area contributed by atoms with Crippen LogP contribution in [0.15, 0.2) is 140 Å². The fraction of sp³-hybridized carbons (Fsp3) is 0. The van der Waals surface area contributed by atoms with Crippen LogP contribution in [0.4, 0.5) is 0 Å². The van der Waals surface area contributed by atoms with E-state index in [1.807, 2.05) is 12.3 Å². The van der Waals surface area contributed by atoms with Gasteiger partial charge in [0.1, 0.15) is 5.65 Å². The van der Waals surface area contributed by atoms with Crippen molar-refractivity contribution in [2.75, 3.05) is 0 Å². The summed E-state index contributed by atoms with van der Waals surface area (Å²) in [4.78, 5) is 9.93. The number of hydrogen-bond donors (Lipinski definition) is 0. The maximum Gasteiger partial charge on any atom is 0.148 e. The lowest BCUT2D eigenvalue weighted by molar-refractivity contribution is 1.31. The summed E-state index contributed by atoms with van der Waals surface area (Å²) in [5.74, 6) is 0. The van der Waals surface area contributed by atoms with Gasteiger partial charge in [0.15, 0.2) is 0 Å². The minimum absolute atomic E-state index is 0.946. The van der Waals surface area contributed by atoms with Gasteiger partial charge in [-0.25, -0.2) is 4.98 Å². The van der Waals surface area contributed by atoms with E-state index in [1.165, 1.54) is 43.8 Å². The van der Waals surface area contributed by atoms with Crippen LogP contribution >= 0.6 is 0 Å². The van der Waals surface area contributed by atoms with E-state index in [9.17, 15) is 0 Å². The van der Waals surface area contributed by atoms with Crippen molar-refractivity contribution in [3.05, 3.63) is 140 Å². The molecule has 0 fully saturated rings. The van der Waals surface area contributed by atoms with E-state index in [-0.39, 0.29) is 0 Å². The number of pyridine rings is 2. The number of hydrogen-bond acceptors (Lipinski definition) is 2. The van der Waals surface area contributed by atoms with Crippen molar-refractivity contribution in [3.63, 3.8) is 0 Å². The quantitative estimate of drug-likeness (QED) is 0.212. The van der Waals surface area contributed by atoms with E-state index >= 15 is 0 Å². The molecule has 9 aromatic rings. The number of nitrogens with zero attached hydrogens (tertiary/aromatic N) is 3. The van der Waals surface area contributed by atoms with Crippen molar-refractivity contribution in [1.29, 1.82) is 0 Å². The summed E-state index contributed by atoms with van der Waals surface area (Å²) in [5, 5.41) is 7.11. The summed E-state index contributed by atoms with van der Waals surface area (Å²) >= 11 is 0. The molecule has 0 aliphatic carbocycles. The molecule has 3 heterocycles. The molecule has 0 atom stereocenters. The largest absolute Gasteiger partial charge is 0.292 e. The van der Waals surface area contributed by atoms with Crippen LogP contribution < -0.4 is 0 Å². The Labute approximate surface area is 236 Å². The summed E-state index contributed by atoms with van der Waals surface area (Å²) in [6, 6.07) is 47.8. The van der Waals surface area contributed by atoms with Crippen molar-refractivity contribution in [2.45, 2.75) is 0 Å². The highest BCUT2D eigenvalue weighted by Gasteiger charge is 2.17. The van der Waals surface area contributed by atoms with Gasteiger partial charge in [0.25, 0.3) is 0 Å². The minimum atomic E-state index is 0.946. The van der Waals surface area contributed by atoms with Gasteiger partial charge in [0.05, 0.1) is 27.5 Å². The Morgan fingerprint density at radius 2 is 1.12 bits per heavy atom. The van der Waals surface area contributed by atoms with Crippen LogP contribution in [0.1, 0.15) is 0 Å². The van der Waals surface area contributed by atoms with E-state index in [0.29, 0.717) is 0 Å². The third-order valence-corrected chi connectivity index (χ3v) is 8.39. The smallest absolute Gasteiger partial charge is 0.148 e. The van der Waals surface area contributed by atoms with Crippen LogP contribution in [0.5, 0.6) is 0 Å². The number of fused-ring (bicyclic) bond motifs is 11. The highest BCUT2D eigenvalue weighted by molar-refractivity contribution is 6.22. The molecule has 0 N–H and O–H groups in total. The third kappa shape index (κ3) is 3.33. The highest BCUT2D eigenvalue weighted by atomic mass is 15.0. The van der Waals surface area contributed by atoms with E-state index in [4.69, 9.17) is 9.97 Å². The molecule has 9 rings (SSSR count). The third-order valence-electron chi connectivity index (χ3n) is 8.39. The van der Waals surface area contributed by atoms with Gasteiger partial charge in [-0.05, 0) is 68.7 Å². The second kappa shape index (κ2) is 8.48. The minimum Gasteiger partial charge on any atom is -0.292 e. The molecule has 0 amide bonds. The second-order valence-corrected chi connectivity index (χ2v) is 10.7. The SMILES string of the molecule is c1ccc2cc(-c3ccc(-c4ccc5c6ccc7cccnc7c6c6nc7ccccc7n6c5c4)cc3)ccc2c1. The first-order chi connectivity index (χ1) is 20.3. The summed E-state index contributed by atoms with van der Waals surface area (Å²) in [7, 11) is 0. The van der Waals surface area contributed by atoms with Crippen LogP contribution in [-0.4, -0.2) is 14.4 Å². The number of para-hydroxylation sites is 2. The maximum atomic E-state index is 5.14. The molecule has 0 aliphatic heterocycles. The van der Waals surface area contributed by atoms with Crippen LogP contribution in [-0.2, 0) is 0 Å². The molecule has 0 saturated heterocycles. The van der Waals surface area contributed by atoms with Gasteiger partial charge in [-0.1, -0.05) is 103 Å². The zero-order valence-corrected chi connectivity index (χ0v) is 22.1. The van der Waals surface area contributed by atoms with Gasteiger partial charge in [-0.2, -0.15) is 0 Å². The van der Waals surface area contributed by atoms with Crippen LogP contribution in [0.3, 0.4) is 0 Å². The molecule has 0 bridgehead atoms. The normalized spacial score (nSPS) is 11.9. The Kier molecular flexibility index (Phi) is 4.61. The zero-order valence-electron chi connectivity index (χ0n) is 22.1. The van der Waals surface area contributed by atoms with Crippen LogP contribution in [0.2, 0.25) is 0 Å². The van der Waals surface area contributed by atoms with Crippen molar-refractivity contribution in [2.24, 2.45) is 0 Å². The first-order valence-electron chi connectivity index (χ1n) is 13.9. The Balaban J connectivity index is 1.27. The monoisotopic (exact) mass is 521 g/mol. The molecule has 3 aromatic heterocycles. The molecule has 3 heteroatoms. The lowest BCUT2D eigenvalue weighted by Gasteiger charge is -2.13. The average molecular weight is 522 g/mol. The van der Waals surface area contributed by atoms with Gasteiger partial charge in [0.2, 0.25) is 0 Å². The standard InChI is InChI=1S/C38H23N3/c1-2-7-28-22-29(16-15-24(28)6-1)25-11-13-26(14-12-25)30-18-19-31-32-20-17-27-8-5-21-39-37(27)36(32)38-40-33-9-3-4-10-34(33)41(38)35(31)23-30/h1-23H. The van der Waals surface area contributed by atoms with Gasteiger partial charge in [0, 0.05) is 17.0 Å². The molecule has 0 spiro atoms. The lowest BCUT2D eigenvalue weighted by Crippen LogP contribution is -1.94. The molecule has 6 aromatic carbocycles. The Morgan fingerprint density at radius 1 is 0.463 bits per heavy atom. The Bertz CT molecular complexity index is 2470. The lowest BCUT2D eigenvalue weighted by atomic mass is 9.96. The molecule has 190 valence electrons. The summed E-state index contributed by atoms with van der Waals surface area (Å²) in [6.07, 6.45) is 1.87. The first kappa shape index (κ1) is 22.3. The Morgan fingerprint density at radius 3 is 2.00 bits per heavy atom. The molecule has 0 saturated carbocycles. The summed E-state index contributed by atoms with van der Waals surface area (Å²) < 4.78 is 2.31. The highest BCUT2D eigenvalue weighted by Crippen LogP contribution is 2.37. The first-order valence-corrected chi connectivity index (χ1v) is 13.9. The molecular weight excluding hydrogens is 498 g/mol. The number of imidazole rings is 1. The summed E-state index contributed by atoms with van der Waals surface area (Å²) in [6.45, 7) is 0. The number of rotatable bonds is 2. The number of benzene rings is 6. The molecule has 0 aliphatic rings. The van der Waals surface area contributed by atoms with Crippen LogP contribution in [0, 0.1) is 0 Å². The van der Waals surface area contributed by atoms with Gasteiger partial charge < -0.3 is 0 Å². The van der Waals surface area contributed by atoms with Gasteiger partial charge in [-0.15, -0.1) is 0 Å². The topological polar surface area (TPSA) is 30.2 Å².